The van der Waals surface area contributed by atoms with Crippen molar-refractivity contribution in [1.29, 1.82) is 0 Å². The van der Waals surface area contributed by atoms with Gasteiger partial charge in [-0.2, -0.15) is 4.99 Å². The number of aryl methyl sites for hydroxylation is 1. The van der Waals surface area contributed by atoms with E-state index in [4.69, 9.17) is 5.73 Å². The Morgan fingerprint density at radius 3 is 2.68 bits per heavy atom. The van der Waals surface area contributed by atoms with E-state index >= 15 is 0 Å². The highest BCUT2D eigenvalue weighted by Crippen LogP contribution is 2.30. The van der Waals surface area contributed by atoms with Crippen molar-refractivity contribution in [1.82, 2.24) is 4.98 Å². The summed E-state index contributed by atoms with van der Waals surface area (Å²) in [7, 11) is 0. The fourth-order valence-corrected chi connectivity index (χ4v) is 3.67. The van der Waals surface area contributed by atoms with Crippen LogP contribution in [-0.2, 0) is 12.8 Å². The van der Waals surface area contributed by atoms with Crippen LogP contribution >= 0.6 is 11.3 Å². The van der Waals surface area contributed by atoms with Crippen LogP contribution in [0.15, 0.2) is 52.8 Å². The fraction of sp³-hybridized carbons (Fsp3) is 0.200. The lowest BCUT2D eigenvalue weighted by atomic mass is 9.99. The summed E-state index contributed by atoms with van der Waals surface area (Å²) in [6.07, 6.45) is 1.60. The van der Waals surface area contributed by atoms with Crippen molar-refractivity contribution in [3.63, 3.8) is 0 Å². The number of benzene rings is 1. The minimum Gasteiger partial charge on any atom is -0.387 e. The number of H-pyrrole nitrogens is 1. The van der Waals surface area contributed by atoms with Crippen molar-refractivity contribution in [2.75, 3.05) is 0 Å². The van der Waals surface area contributed by atoms with Crippen LogP contribution in [-0.4, -0.2) is 16.7 Å². The number of aromatic nitrogens is 1. The number of carbonyl (C=O) groups is 1. The van der Waals surface area contributed by atoms with E-state index < -0.39 is 0 Å². The van der Waals surface area contributed by atoms with Gasteiger partial charge in [0.05, 0.1) is 0 Å². The summed E-state index contributed by atoms with van der Waals surface area (Å²) < 4.78 is 0. The lowest BCUT2D eigenvalue weighted by Crippen LogP contribution is -2.09. The minimum absolute atomic E-state index is 0.266. The van der Waals surface area contributed by atoms with Crippen molar-refractivity contribution in [2.45, 2.75) is 26.7 Å². The average molecular weight is 351 g/mol. The maximum Gasteiger partial charge on any atom is 0.295 e. The number of amidine groups is 1. The zero-order chi connectivity index (χ0) is 17.8. The lowest BCUT2D eigenvalue weighted by Gasteiger charge is -2.08. The standard InChI is InChI=1S/C20H21N3OS/c1-3-14-11-18(20(24)22-13(2)21)23-17(14)12-15-7-4-5-8-16(15)19-9-6-10-25-19/h4-11,23H,3,12H2,1-2H3,(H2,21,22,24). The zero-order valence-electron chi connectivity index (χ0n) is 14.4. The molecule has 25 heavy (non-hydrogen) atoms. The molecule has 0 unspecified atom stereocenters. The summed E-state index contributed by atoms with van der Waals surface area (Å²) in [5.41, 5.74) is 10.7. The van der Waals surface area contributed by atoms with Gasteiger partial charge in [0.25, 0.3) is 5.91 Å². The summed E-state index contributed by atoms with van der Waals surface area (Å²) >= 11 is 1.73. The summed E-state index contributed by atoms with van der Waals surface area (Å²) in [5, 5.41) is 2.09. The van der Waals surface area contributed by atoms with Gasteiger partial charge in [-0.05, 0) is 47.5 Å². The number of hydrogen-bond donors (Lipinski definition) is 2. The molecule has 3 aromatic rings. The van der Waals surface area contributed by atoms with E-state index in [2.05, 4.69) is 58.7 Å². The molecule has 128 valence electrons. The molecule has 0 saturated carbocycles. The Morgan fingerprint density at radius 2 is 2.00 bits per heavy atom. The van der Waals surface area contributed by atoms with Gasteiger partial charge in [-0.3, -0.25) is 4.79 Å². The molecule has 0 saturated heterocycles. The molecule has 0 aliphatic heterocycles. The predicted octanol–water partition coefficient (Wildman–Crippen LogP) is 4.41. The largest absolute Gasteiger partial charge is 0.387 e. The summed E-state index contributed by atoms with van der Waals surface area (Å²) in [4.78, 5) is 20.5. The van der Waals surface area contributed by atoms with Gasteiger partial charge in [0.2, 0.25) is 0 Å². The maximum absolute atomic E-state index is 12.1. The number of aromatic amines is 1. The Labute approximate surface area is 151 Å². The second-order valence-corrected chi connectivity index (χ2v) is 6.86. The Morgan fingerprint density at radius 1 is 1.20 bits per heavy atom. The summed E-state index contributed by atoms with van der Waals surface area (Å²) in [6, 6.07) is 14.5. The molecule has 3 N–H and O–H groups in total. The molecule has 4 nitrogen and oxygen atoms in total. The quantitative estimate of drug-likeness (QED) is 0.528. The zero-order valence-corrected chi connectivity index (χ0v) is 15.2. The molecule has 1 aromatic carbocycles. The number of nitrogens with zero attached hydrogens (tertiary/aromatic N) is 1. The van der Waals surface area contributed by atoms with Crippen molar-refractivity contribution in [3.8, 4) is 10.4 Å². The average Bonchev–Trinajstić information content (AvgIpc) is 3.24. The first-order chi connectivity index (χ1) is 12.1. The van der Waals surface area contributed by atoms with Crippen LogP contribution in [0.4, 0.5) is 0 Å². The van der Waals surface area contributed by atoms with Crippen LogP contribution in [0.3, 0.4) is 0 Å². The number of amides is 1. The van der Waals surface area contributed by atoms with Gasteiger partial charge in [-0.25, -0.2) is 0 Å². The molecule has 0 spiro atoms. The van der Waals surface area contributed by atoms with E-state index in [1.165, 1.54) is 16.0 Å². The van der Waals surface area contributed by atoms with Crippen molar-refractivity contribution in [3.05, 3.63) is 70.4 Å². The first kappa shape index (κ1) is 17.2. The topological polar surface area (TPSA) is 71.2 Å². The highest BCUT2D eigenvalue weighted by molar-refractivity contribution is 7.13. The fourth-order valence-electron chi connectivity index (χ4n) is 2.89. The highest BCUT2D eigenvalue weighted by atomic mass is 32.1. The van der Waals surface area contributed by atoms with Crippen molar-refractivity contribution in [2.24, 2.45) is 10.7 Å². The van der Waals surface area contributed by atoms with Crippen LogP contribution in [0.1, 0.15) is 41.2 Å². The maximum atomic E-state index is 12.1. The SMILES string of the molecule is CCc1cc(C(=O)N=C(C)N)[nH]c1Cc1ccccc1-c1cccs1. The third kappa shape index (κ3) is 3.88. The number of thiophene rings is 1. The third-order valence-electron chi connectivity index (χ3n) is 4.05. The van der Waals surface area contributed by atoms with Crippen molar-refractivity contribution >= 4 is 23.1 Å². The lowest BCUT2D eigenvalue weighted by molar-refractivity contribution is 0.0998. The molecule has 0 atom stereocenters. The van der Waals surface area contributed by atoms with E-state index in [9.17, 15) is 4.79 Å². The van der Waals surface area contributed by atoms with Crippen LogP contribution in [0.5, 0.6) is 0 Å². The van der Waals surface area contributed by atoms with Gasteiger partial charge in [0.1, 0.15) is 11.5 Å². The van der Waals surface area contributed by atoms with Gasteiger partial charge in [-0.15, -0.1) is 11.3 Å². The number of hydrogen-bond acceptors (Lipinski definition) is 2. The van der Waals surface area contributed by atoms with Crippen LogP contribution in [0.25, 0.3) is 10.4 Å². The number of carbonyl (C=O) groups excluding carboxylic acids is 1. The first-order valence-corrected chi connectivity index (χ1v) is 9.14. The van der Waals surface area contributed by atoms with E-state index in [-0.39, 0.29) is 11.7 Å². The molecule has 0 bridgehead atoms. The van der Waals surface area contributed by atoms with Crippen LogP contribution < -0.4 is 5.73 Å². The Balaban J connectivity index is 1.95. The molecule has 0 radical (unpaired) electrons. The van der Waals surface area contributed by atoms with E-state index in [0.29, 0.717) is 5.69 Å². The van der Waals surface area contributed by atoms with Gasteiger partial charge < -0.3 is 10.7 Å². The summed E-state index contributed by atoms with van der Waals surface area (Å²) in [6.45, 7) is 3.70. The monoisotopic (exact) mass is 351 g/mol. The minimum atomic E-state index is -0.326. The molecule has 3 rings (SSSR count). The first-order valence-electron chi connectivity index (χ1n) is 8.26. The smallest absolute Gasteiger partial charge is 0.295 e. The van der Waals surface area contributed by atoms with E-state index in [1.54, 1.807) is 18.3 Å². The van der Waals surface area contributed by atoms with Gasteiger partial charge in [0, 0.05) is 17.0 Å². The molecule has 0 aliphatic carbocycles. The number of rotatable bonds is 5. The normalized spacial score (nSPS) is 11.7. The Kier molecular flexibility index (Phi) is 5.14. The molecule has 2 aromatic heterocycles. The van der Waals surface area contributed by atoms with Crippen LogP contribution in [0.2, 0.25) is 0 Å². The highest BCUT2D eigenvalue weighted by Gasteiger charge is 2.14. The Bertz CT molecular complexity index is 903. The van der Waals surface area contributed by atoms with Crippen LogP contribution in [0, 0.1) is 0 Å². The van der Waals surface area contributed by atoms with Crippen molar-refractivity contribution < 1.29 is 4.79 Å². The molecule has 5 heteroatoms. The second-order valence-electron chi connectivity index (χ2n) is 5.91. The molecule has 0 fully saturated rings. The molecule has 1 amide bonds. The number of aliphatic imine (C=N–C) groups is 1. The number of nitrogens with one attached hydrogen (secondary N) is 1. The van der Waals surface area contributed by atoms with Gasteiger partial charge in [-0.1, -0.05) is 37.3 Å². The molecule has 2 heterocycles. The van der Waals surface area contributed by atoms with Gasteiger partial charge >= 0.3 is 0 Å². The summed E-state index contributed by atoms with van der Waals surface area (Å²) in [5.74, 6) is -0.0604. The predicted molar refractivity (Wildman–Crippen MR) is 104 cm³/mol. The third-order valence-corrected chi connectivity index (χ3v) is 4.96. The second kappa shape index (κ2) is 7.49. The molecular weight excluding hydrogens is 330 g/mol. The van der Waals surface area contributed by atoms with E-state index in [0.717, 1.165) is 24.1 Å². The number of nitrogens with two attached hydrogens (primary N) is 1. The molecular formula is C20H21N3OS. The Hall–Kier alpha value is -2.66. The van der Waals surface area contributed by atoms with E-state index in [1.807, 2.05) is 6.07 Å². The van der Waals surface area contributed by atoms with Gasteiger partial charge in [0.15, 0.2) is 0 Å². The molecule has 0 aliphatic rings.